The minimum absolute atomic E-state index is 0.119. The Labute approximate surface area is 128 Å². The van der Waals surface area contributed by atoms with Gasteiger partial charge in [0.25, 0.3) is 0 Å². The van der Waals surface area contributed by atoms with Gasteiger partial charge in [0.15, 0.2) is 11.6 Å². The van der Waals surface area contributed by atoms with E-state index in [-0.39, 0.29) is 17.6 Å². The largest absolute Gasteiger partial charge is 0.494 e. The SMILES string of the molecule is COc1cccc(CC(Cc2ccccc2Cl)NN)c1F. The quantitative estimate of drug-likeness (QED) is 0.637. The van der Waals surface area contributed by atoms with Crippen LogP contribution in [0.5, 0.6) is 5.75 Å². The van der Waals surface area contributed by atoms with E-state index in [1.807, 2.05) is 24.3 Å². The molecule has 21 heavy (non-hydrogen) atoms. The van der Waals surface area contributed by atoms with Crippen molar-refractivity contribution in [3.05, 3.63) is 64.4 Å². The van der Waals surface area contributed by atoms with Crippen molar-refractivity contribution in [2.45, 2.75) is 18.9 Å². The molecule has 1 unspecified atom stereocenters. The molecule has 0 aliphatic carbocycles. The lowest BCUT2D eigenvalue weighted by molar-refractivity contribution is 0.382. The molecule has 2 aromatic carbocycles. The van der Waals surface area contributed by atoms with Crippen LogP contribution in [0.2, 0.25) is 5.02 Å². The van der Waals surface area contributed by atoms with Crippen molar-refractivity contribution in [2.75, 3.05) is 7.11 Å². The monoisotopic (exact) mass is 308 g/mol. The highest BCUT2D eigenvalue weighted by molar-refractivity contribution is 6.31. The number of halogens is 2. The Bertz CT molecular complexity index is 607. The van der Waals surface area contributed by atoms with E-state index in [0.717, 1.165) is 5.56 Å². The first-order chi connectivity index (χ1) is 10.2. The summed E-state index contributed by atoms with van der Waals surface area (Å²) in [6.07, 6.45) is 1.07. The zero-order valence-electron chi connectivity index (χ0n) is 11.8. The number of hydrogen-bond donors (Lipinski definition) is 2. The third kappa shape index (κ3) is 3.94. The van der Waals surface area contributed by atoms with Crippen molar-refractivity contribution in [3.63, 3.8) is 0 Å². The van der Waals surface area contributed by atoms with E-state index in [1.165, 1.54) is 7.11 Å². The van der Waals surface area contributed by atoms with Gasteiger partial charge in [-0.25, -0.2) is 4.39 Å². The van der Waals surface area contributed by atoms with E-state index in [9.17, 15) is 4.39 Å². The fourth-order valence-electron chi connectivity index (χ4n) is 2.26. The molecule has 0 bridgehead atoms. The first-order valence-corrected chi connectivity index (χ1v) is 7.04. The number of nitrogens with one attached hydrogen (secondary N) is 1. The van der Waals surface area contributed by atoms with Crippen molar-refractivity contribution in [1.82, 2.24) is 5.43 Å². The minimum atomic E-state index is -0.348. The summed E-state index contributed by atoms with van der Waals surface area (Å²) in [7, 11) is 1.45. The van der Waals surface area contributed by atoms with Crippen LogP contribution in [0.15, 0.2) is 42.5 Å². The molecule has 0 aliphatic rings. The van der Waals surface area contributed by atoms with Gasteiger partial charge in [0.2, 0.25) is 0 Å². The maximum absolute atomic E-state index is 14.2. The predicted octanol–water partition coefficient (Wildman–Crippen LogP) is 3.10. The van der Waals surface area contributed by atoms with Gasteiger partial charge in [0.1, 0.15) is 0 Å². The van der Waals surface area contributed by atoms with Crippen LogP contribution in [0.25, 0.3) is 0 Å². The Morgan fingerprint density at radius 2 is 1.81 bits per heavy atom. The second kappa shape index (κ2) is 7.41. The molecule has 0 amide bonds. The van der Waals surface area contributed by atoms with Crippen molar-refractivity contribution in [2.24, 2.45) is 5.84 Å². The molecule has 0 saturated carbocycles. The summed E-state index contributed by atoms with van der Waals surface area (Å²) in [5.41, 5.74) is 4.26. The van der Waals surface area contributed by atoms with Crippen molar-refractivity contribution in [3.8, 4) is 5.75 Å². The number of hydrogen-bond acceptors (Lipinski definition) is 3. The van der Waals surface area contributed by atoms with Gasteiger partial charge >= 0.3 is 0 Å². The van der Waals surface area contributed by atoms with Crippen molar-refractivity contribution >= 4 is 11.6 Å². The molecule has 112 valence electrons. The third-order valence-electron chi connectivity index (χ3n) is 3.39. The lowest BCUT2D eigenvalue weighted by atomic mass is 9.99. The van der Waals surface area contributed by atoms with Crippen LogP contribution >= 0.6 is 11.6 Å². The molecule has 5 heteroatoms. The van der Waals surface area contributed by atoms with E-state index in [2.05, 4.69) is 5.43 Å². The lowest BCUT2D eigenvalue weighted by Crippen LogP contribution is -2.38. The zero-order valence-corrected chi connectivity index (χ0v) is 12.5. The number of nitrogens with two attached hydrogens (primary N) is 1. The normalized spacial score (nSPS) is 12.2. The smallest absolute Gasteiger partial charge is 0.168 e. The number of rotatable bonds is 6. The average Bonchev–Trinajstić information content (AvgIpc) is 2.50. The van der Waals surface area contributed by atoms with E-state index >= 15 is 0 Å². The molecule has 2 aromatic rings. The molecule has 3 nitrogen and oxygen atoms in total. The Morgan fingerprint density at radius 3 is 2.48 bits per heavy atom. The number of hydrazine groups is 1. The first-order valence-electron chi connectivity index (χ1n) is 6.66. The van der Waals surface area contributed by atoms with E-state index in [4.69, 9.17) is 22.2 Å². The molecular formula is C16H18ClFN2O. The maximum atomic E-state index is 14.2. The minimum Gasteiger partial charge on any atom is -0.494 e. The molecule has 0 spiro atoms. The van der Waals surface area contributed by atoms with Crippen LogP contribution in [-0.2, 0) is 12.8 Å². The summed E-state index contributed by atoms with van der Waals surface area (Å²) in [4.78, 5) is 0. The van der Waals surface area contributed by atoms with Gasteiger partial charge in [-0.1, -0.05) is 41.9 Å². The van der Waals surface area contributed by atoms with Crippen LogP contribution in [-0.4, -0.2) is 13.2 Å². The molecule has 1 atom stereocenters. The zero-order chi connectivity index (χ0) is 15.2. The van der Waals surface area contributed by atoms with Crippen LogP contribution < -0.4 is 16.0 Å². The van der Waals surface area contributed by atoms with Gasteiger partial charge < -0.3 is 4.74 Å². The van der Waals surface area contributed by atoms with Crippen LogP contribution in [0.4, 0.5) is 4.39 Å². The Morgan fingerprint density at radius 1 is 1.14 bits per heavy atom. The van der Waals surface area contributed by atoms with E-state index in [1.54, 1.807) is 18.2 Å². The molecule has 3 N–H and O–H groups in total. The van der Waals surface area contributed by atoms with Crippen LogP contribution in [0.1, 0.15) is 11.1 Å². The molecular weight excluding hydrogens is 291 g/mol. The highest BCUT2D eigenvalue weighted by atomic mass is 35.5. The highest BCUT2D eigenvalue weighted by Crippen LogP contribution is 2.23. The van der Waals surface area contributed by atoms with Gasteiger partial charge in [-0.15, -0.1) is 0 Å². The molecule has 0 heterocycles. The molecule has 0 aromatic heterocycles. The van der Waals surface area contributed by atoms with E-state index < -0.39 is 0 Å². The average molecular weight is 309 g/mol. The topological polar surface area (TPSA) is 47.3 Å². The summed E-state index contributed by atoms with van der Waals surface area (Å²) < 4.78 is 19.2. The van der Waals surface area contributed by atoms with Crippen LogP contribution in [0, 0.1) is 5.82 Å². The first kappa shape index (κ1) is 15.8. The predicted molar refractivity (Wildman–Crippen MR) is 82.9 cm³/mol. The van der Waals surface area contributed by atoms with Crippen LogP contribution in [0.3, 0.4) is 0 Å². The summed E-state index contributed by atoms with van der Waals surface area (Å²) in [6, 6.07) is 12.5. The number of benzene rings is 2. The maximum Gasteiger partial charge on any atom is 0.168 e. The van der Waals surface area contributed by atoms with Crippen molar-refractivity contribution in [1.29, 1.82) is 0 Å². The summed E-state index contributed by atoms with van der Waals surface area (Å²) in [5, 5.41) is 0.684. The fourth-order valence-corrected chi connectivity index (χ4v) is 2.47. The van der Waals surface area contributed by atoms with Gasteiger partial charge in [0, 0.05) is 11.1 Å². The molecule has 0 saturated heterocycles. The van der Waals surface area contributed by atoms with Gasteiger partial charge in [0.05, 0.1) is 7.11 Å². The Kier molecular flexibility index (Phi) is 5.56. The fraction of sp³-hybridized carbons (Fsp3) is 0.250. The highest BCUT2D eigenvalue weighted by Gasteiger charge is 2.15. The number of methoxy groups -OCH3 is 1. The molecule has 2 rings (SSSR count). The van der Waals surface area contributed by atoms with E-state index in [0.29, 0.717) is 23.4 Å². The molecule has 0 aliphatic heterocycles. The molecule has 0 radical (unpaired) electrons. The third-order valence-corrected chi connectivity index (χ3v) is 3.76. The lowest BCUT2D eigenvalue weighted by Gasteiger charge is -2.17. The van der Waals surface area contributed by atoms with Gasteiger partial charge in [-0.2, -0.15) is 0 Å². The van der Waals surface area contributed by atoms with Gasteiger partial charge in [-0.3, -0.25) is 11.3 Å². The second-order valence-corrected chi connectivity index (χ2v) is 5.20. The summed E-state index contributed by atoms with van der Waals surface area (Å²) >= 11 is 6.14. The Balaban J connectivity index is 2.15. The standard InChI is InChI=1S/C16H18ClFN2O/c1-21-15-8-4-6-12(16(15)18)10-13(20-19)9-11-5-2-3-7-14(11)17/h2-8,13,20H,9-10,19H2,1H3. The summed E-state index contributed by atoms with van der Waals surface area (Å²) in [6.45, 7) is 0. The Hall–Kier alpha value is -1.62. The van der Waals surface area contributed by atoms with Gasteiger partial charge in [-0.05, 0) is 36.1 Å². The van der Waals surface area contributed by atoms with Crippen molar-refractivity contribution < 1.29 is 9.13 Å². The molecule has 0 fully saturated rings. The number of ether oxygens (including phenoxy) is 1. The second-order valence-electron chi connectivity index (χ2n) is 4.80. The summed E-state index contributed by atoms with van der Waals surface area (Å²) in [5.74, 6) is 5.48.